The van der Waals surface area contributed by atoms with E-state index in [0.717, 1.165) is 15.4 Å². The van der Waals surface area contributed by atoms with Crippen molar-refractivity contribution in [3.63, 3.8) is 0 Å². The summed E-state index contributed by atoms with van der Waals surface area (Å²) in [4.78, 5) is 37.7. The highest BCUT2D eigenvalue weighted by atomic mass is 32.2. The maximum Gasteiger partial charge on any atom is 0.319 e. The van der Waals surface area contributed by atoms with Crippen molar-refractivity contribution in [2.75, 3.05) is 0 Å². The van der Waals surface area contributed by atoms with Gasteiger partial charge in [-0.3, -0.25) is 14.4 Å². The molecule has 1 N–H and O–H groups in total. The van der Waals surface area contributed by atoms with E-state index in [0.29, 0.717) is 11.1 Å². The van der Waals surface area contributed by atoms with Crippen LogP contribution < -0.4 is 0 Å². The third kappa shape index (κ3) is 3.41. The Hall–Kier alpha value is -2.86. The summed E-state index contributed by atoms with van der Waals surface area (Å²) in [7, 11) is 0. The van der Waals surface area contributed by atoms with Crippen LogP contribution in [0.1, 0.15) is 40.1 Å². The number of carbonyl (C=O) groups excluding carboxylic acids is 2. The molecule has 0 saturated heterocycles. The number of aliphatic carboxylic acids is 1. The number of carboxylic acids is 1. The van der Waals surface area contributed by atoms with Gasteiger partial charge in [0.15, 0.2) is 0 Å². The van der Waals surface area contributed by atoms with E-state index in [1.807, 2.05) is 24.3 Å². The standard InChI is InChI=1S/C20H17NO4S/c1-20(2,19(24)25)26-14-9-7-13(8-10-14)11-12-21-17(22)15-5-3-4-6-16(15)18(21)23/h3-12H,1-2H3,(H,24,25)/b12-11+. The van der Waals surface area contributed by atoms with E-state index in [-0.39, 0.29) is 11.8 Å². The fraction of sp³-hybridized carbons (Fsp3) is 0.150. The molecule has 0 aliphatic carbocycles. The minimum absolute atomic E-state index is 0.336. The maximum atomic E-state index is 12.3. The van der Waals surface area contributed by atoms with Crippen molar-refractivity contribution in [3.8, 4) is 0 Å². The first-order chi connectivity index (χ1) is 12.3. The molecule has 26 heavy (non-hydrogen) atoms. The number of amides is 2. The van der Waals surface area contributed by atoms with Gasteiger partial charge in [0, 0.05) is 11.1 Å². The van der Waals surface area contributed by atoms with Crippen LogP contribution in [-0.4, -0.2) is 32.5 Å². The van der Waals surface area contributed by atoms with Gasteiger partial charge in [0.2, 0.25) is 0 Å². The number of fused-ring (bicyclic) bond motifs is 1. The van der Waals surface area contributed by atoms with Crippen molar-refractivity contribution < 1.29 is 19.5 Å². The number of rotatable bonds is 5. The predicted molar refractivity (Wildman–Crippen MR) is 100.0 cm³/mol. The molecule has 1 aliphatic heterocycles. The zero-order chi connectivity index (χ0) is 18.9. The van der Waals surface area contributed by atoms with Gasteiger partial charge >= 0.3 is 5.97 Å². The maximum absolute atomic E-state index is 12.3. The molecule has 5 nitrogen and oxygen atoms in total. The molecule has 0 fully saturated rings. The van der Waals surface area contributed by atoms with Crippen molar-refractivity contribution in [2.24, 2.45) is 0 Å². The van der Waals surface area contributed by atoms with Crippen molar-refractivity contribution in [3.05, 3.63) is 71.4 Å². The second-order valence-corrected chi connectivity index (χ2v) is 8.02. The van der Waals surface area contributed by atoms with Crippen molar-refractivity contribution in [2.45, 2.75) is 23.5 Å². The van der Waals surface area contributed by atoms with E-state index < -0.39 is 10.7 Å². The third-order valence-corrected chi connectivity index (χ3v) is 5.20. The van der Waals surface area contributed by atoms with Gasteiger partial charge < -0.3 is 5.11 Å². The summed E-state index contributed by atoms with van der Waals surface area (Å²) < 4.78 is -0.919. The number of thioether (sulfide) groups is 1. The number of nitrogens with zero attached hydrogens (tertiary/aromatic N) is 1. The highest BCUT2D eigenvalue weighted by Crippen LogP contribution is 2.32. The number of benzene rings is 2. The first-order valence-electron chi connectivity index (χ1n) is 7.97. The largest absolute Gasteiger partial charge is 0.480 e. The lowest BCUT2D eigenvalue weighted by Crippen LogP contribution is -2.26. The summed E-state index contributed by atoms with van der Waals surface area (Å²) >= 11 is 1.26. The quantitative estimate of drug-likeness (QED) is 0.641. The summed E-state index contributed by atoms with van der Waals surface area (Å²) in [6, 6.07) is 14.0. The molecule has 1 heterocycles. The van der Waals surface area contributed by atoms with Crippen LogP contribution in [0.3, 0.4) is 0 Å². The monoisotopic (exact) mass is 367 g/mol. The van der Waals surface area contributed by atoms with E-state index in [1.54, 1.807) is 44.2 Å². The topological polar surface area (TPSA) is 74.7 Å². The molecule has 2 aromatic rings. The molecule has 132 valence electrons. The average Bonchev–Trinajstić information content (AvgIpc) is 2.85. The Morgan fingerprint density at radius 2 is 1.54 bits per heavy atom. The van der Waals surface area contributed by atoms with Gasteiger partial charge in [-0.15, -0.1) is 11.8 Å². The van der Waals surface area contributed by atoms with E-state index in [2.05, 4.69) is 0 Å². The van der Waals surface area contributed by atoms with E-state index >= 15 is 0 Å². The Morgan fingerprint density at radius 1 is 1.00 bits per heavy atom. The molecular weight excluding hydrogens is 350 g/mol. The van der Waals surface area contributed by atoms with Crippen LogP contribution in [0, 0.1) is 0 Å². The minimum Gasteiger partial charge on any atom is -0.480 e. The van der Waals surface area contributed by atoms with E-state index in [9.17, 15) is 19.5 Å². The molecule has 0 atom stereocenters. The molecular formula is C20H17NO4S. The van der Waals surface area contributed by atoms with Crippen molar-refractivity contribution in [1.29, 1.82) is 0 Å². The van der Waals surface area contributed by atoms with Gasteiger partial charge in [0.1, 0.15) is 4.75 Å². The number of imide groups is 1. The molecule has 0 saturated carbocycles. The van der Waals surface area contributed by atoms with Crippen LogP contribution in [0.4, 0.5) is 0 Å². The second-order valence-electron chi connectivity index (χ2n) is 6.33. The Bertz CT molecular complexity index is 881. The van der Waals surface area contributed by atoms with Gasteiger partial charge in [0.25, 0.3) is 11.8 Å². The summed E-state index contributed by atoms with van der Waals surface area (Å²) in [6.07, 6.45) is 3.15. The second kappa shape index (κ2) is 6.80. The predicted octanol–water partition coefficient (Wildman–Crippen LogP) is 3.91. The highest BCUT2D eigenvalue weighted by Gasteiger charge is 2.33. The van der Waals surface area contributed by atoms with Gasteiger partial charge in [0.05, 0.1) is 11.1 Å². The SMILES string of the molecule is CC(C)(Sc1ccc(/C=C/N2C(=O)c3ccccc3C2=O)cc1)C(=O)O. The molecule has 2 aromatic carbocycles. The van der Waals surface area contributed by atoms with Gasteiger partial charge in [-0.05, 0) is 49.8 Å². The molecule has 3 rings (SSSR count). The van der Waals surface area contributed by atoms with Gasteiger partial charge in [-0.2, -0.15) is 0 Å². The third-order valence-electron chi connectivity index (χ3n) is 4.01. The lowest BCUT2D eigenvalue weighted by Gasteiger charge is -2.18. The lowest BCUT2D eigenvalue weighted by atomic mass is 10.1. The van der Waals surface area contributed by atoms with Gasteiger partial charge in [-0.25, -0.2) is 4.90 Å². The van der Waals surface area contributed by atoms with Crippen molar-refractivity contribution in [1.82, 2.24) is 4.90 Å². The number of hydrogen-bond acceptors (Lipinski definition) is 4. The van der Waals surface area contributed by atoms with Crippen LogP contribution in [0.15, 0.2) is 59.6 Å². The zero-order valence-corrected chi connectivity index (χ0v) is 15.1. The highest BCUT2D eigenvalue weighted by molar-refractivity contribution is 8.01. The summed E-state index contributed by atoms with van der Waals surface area (Å²) in [5.41, 5.74) is 1.62. The Kier molecular flexibility index (Phi) is 4.70. The zero-order valence-electron chi connectivity index (χ0n) is 14.3. The number of hydrogen-bond donors (Lipinski definition) is 1. The molecule has 2 amide bonds. The Morgan fingerprint density at radius 3 is 2.04 bits per heavy atom. The summed E-state index contributed by atoms with van der Waals surface area (Å²) in [5, 5.41) is 9.19. The molecule has 0 bridgehead atoms. The van der Waals surface area contributed by atoms with Crippen LogP contribution in [0.2, 0.25) is 0 Å². The number of carbonyl (C=O) groups is 3. The summed E-state index contributed by atoms with van der Waals surface area (Å²) in [6.45, 7) is 3.30. The summed E-state index contributed by atoms with van der Waals surface area (Å²) in [5.74, 6) is -1.55. The van der Waals surface area contributed by atoms with Crippen molar-refractivity contribution >= 4 is 35.6 Å². The Balaban J connectivity index is 1.73. The molecule has 1 aliphatic rings. The Labute approximate surface area is 155 Å². The average molecular weight is 367 g/mol. The molecule has 6 heteroatoms. The fourth-order valence-electron chi connectivity index (χ4n) is 2.49. The molecule has 0 aromatic heterocycles. The van der Waals surface area contributed by atoms with Crippen LogP contribution >= 0.6 is 11.8 Å². The number of carboxylic acid groups (broad SMARTS) is 1. The smallest absolute Gasteiger partial charge is 0.319 e. The van der Waals surface area contributed by atoms with Crippen LogP contribution in [0.25, 0.3) is 6.08 Å². The lowest BCUT2D eigenvalue weighted by molar-refractivity contribution is -0.138. The van der Waals surface area contributed by atoms with E-state index in [1.165, 1.54) is 18.0 Å². The minimum atomic E-state index is -0.919. The molecule has 0 unspecified atom stereocenters. The first kappa shape index (κ1) is 17.9. The van der Waals surface area contributed by atoms with E-state index in [4.69, 9.17) is 0 Å². The fourth-order valence-corrected chi connectivity index (χ4v) is 3.44. The van der Waals surface area contributed by atoms with Crippen LogP contribution in [0.5, 0.6) is 0 Å². The molecule has 0 radical (unpaired) electrons. The molecule has 0 spiro atoms. The first-order valence-corrected chi connectivity index (χ1v) is 8.79. The van der Waals surface area contributed by atoms with Crippen LogP contribution in [-0.2, 0) is 4.79 Å². The normalized spacial score (nSPS) is 14.2. The van der Waals surface area contributed by atoms with Gasteiger partial charge in [-0.1, -0.05) is 24.3 Å².